The Morgan fingerprint density at radius 1 is 0.243 bits per heavy atom. The van der Waals surface area contributed by atoms with E-state index in [1.165, 1.54) is 193 Å². The van der Waals surface area contributed by atoms with Crippen LogP contribution in [0.2, 0.25) is 0 Å². The average molecular weight is 566 g/mol. The summed E-state index contributed by atoms with van der Waals surface area (Å²) in [6, 6.07) is 0. The van der Waals surface area contributed by atoms with Gasteiger partial charge >= 0.3 is 16.5 Å². The van der Waals surface area contributed by atoms with Gasteiger partial charge in [0.1, 0.15) is 0 Å². The molecule has 0 radical (unpaired) electrons. The van der Waals surface area contributed by atoms with Crippen LogP contribution in [0.15, 0.2) is 0 Å². The molecule has 0 unspecified atom stereocenters. The second kappa shape index (κ2) is 43.5. The summed E-state index contributed by atoms with van der Waals surface area (Å²) in [4.78, 5) is 0. The molecule has 0 bridgehead atoms. The molecule has 0 aromatic carbocycles. The predicted molar refractivity (Wildman–Crippen MR) is 170 cm³/mol. The van der Waals surface area contributed by atoms with Crippen molar-refractivity contribution in [3.8, 4) is 0 Å². The normalized spacial score (nSPS) is 10.7. The fourth-order valence-corrected chi connectivity index (χ4v) is 5.10. The van der Waals surface area contributed by atoms with E-state index in [2.05, 4.69) is 27.7 Å². The summed E-state index contributed by atoms with van der Waals surface area (Å²) >= 11 is 0. The van der Waals surface area contributed by atoms with E-state index in [0.717, 1.165) is 12.8 Å². The smallest absolute Gasteiger partial charge is 0.343 e. The molecule has 0 aliphatic carbocycles. The molecule has 0 amide bonds. The summed E-state index contributed by atoms with van der Waals surface area (Å²) < 4.78 is 0. The SMILES string of the molecule is [CH2-]CCCCCCCCCCCCCCCCC.[CH2-]CCCCCCCCCCCCCCCCC.[Ni+2]. The van der Waals surface area contributed by atoms with Gasteiger partial charge in [0.05, 0.1) is 0 Å². The molecule has 37 heavy (non-hydrogen) atoms. The molecule has 0 nitrogen and oxygen atoms in total. The average Bonchev–Trinajstić information content (AvgIpc) is 2.89. The second-order valence-corrected chi connectivity index (χ2v) is 11.6. The largest absolute Gasteiger partial charge is 2.00 e. The number of rotatable bonds is 30. The van der Waals surface area contributed by atoms with E-state index in [1.807, 2.05) is 0 Å². The van der Waals surface area contributed by atoms with Crippen LogP contribution in [0.25, 0.3) is 0 Å². The zero-order valence-electron chi connectivity index (χ0n) is 26.4. The third kappa shape index (κ3) is 46.7. The van der Waals surface area contributed by atoms with E-state index in [0.29, 0.717) is 0 Å². The Labute approximate surface area is 249 Å². The van der Waals surface area contributed by atoms with Gasteiger partial charge in [0.2, 0.25) is 0 Å². The molecule has 1 heteroatoms. The molecule has 0 aromatic rings. The predicted octanol–water partition coefficient (Wildman–Crippen LogP) is 14.2. The van der Waals surface area contributed by atoms with Crippen LogP contribution in [0.3, 0.4) is 0 Å². The van der Waals surface area contributed by atoms with E-state index in [1.54, 1.807) is 0 Å². The van der Waals surface area contributed by atoms with Crippen LogP contribution in [0.1, 0.15) is 219 Å². The van der Waals surface area contributed by atoms with Crippen molar-refractivity contribution < 1.29 is 16.5 Å². The molecule has 0 rings (SSSR count). The zero-order valence-corrected chi connectivity index (χ0v) is 27.3. The van der Waals surface area contributed by atoms with Gasteiger partial charge in [-0.25, -0.2) is 0 Å². The number of hydrogen-bond acceptors (Lipinski definition) is 0. The fourth-order valence-electron chi connectivity index (χ4n) is 5.10. The molecular weight excluding hydrogens is 491 g/mol. The minimum Gasteiger partial charge on any atom is -0.343 e. The molecule has 0 aliphatic heterocycles. The van der Waals surface area contributed by atoms with Crippen LogP contribution in [0.5, 0.6) is 0 Å². The first-order chi connectivity index (χ1) is 17.8. The monoisotopic (exact) mass is 565 g/mol. The van der Waals surface area contributed by atoms with Gasteiger partial charge in [0.15, 0.2) is 0 Å². The summed E-state index contributed by atoms with van der Waals surface area (Å²) in [7, 11) is 0. The Bertz CT molecular complexity index is 263. The third-order valence-electron chi connectivity index (χ3n) is 7.71. The van der Waals surface area contributed by atoms with Crippen LogP contribution in [0.4, 0.5) is 0 Å². The minimum atomic E-state index is 0. The molecule has 228 valence electrons. The standard InChI is InChI=1S/2C18H37.Ni/c2*1-3-5-7-9-11-13-15-17-18-16-14-12-10-8-6-4-2;/h2*1,3-18H2,2H3;/q2*-1;+2. The zero-order chi connectivity index (χ0) is 26.6. The Hall–Kier alpha value is 0.494. The summed E-state index contributed by atoms with van der Waals surface area (Å²) in [5, 5.41) is 0. The molecule has 0 aliphatic rings. The van der Waals surface area contributed by atoms with Gasteiger partial charge < -0.3 is 13.8 Å². The Morgan fingerprint density at radius 3 is 0.514 bits per heavy atom. The van der Waals surface area contributed by atoms with E-state index < -0.39 is 0 Å². The van der Waals surface area contributed by atoms with Gasteiger partial charge in [-0.2, -0.15) is 12.8 Å². The second-order valence-electron chi connectivity index (χ2n) is 11.6. The van der Waals surface area contributed by atoms with Crippen LogP contribution < -0.4 is 0 Å². The first-order valence-corrected chi connectivity index (χ1v) is 17.4. The van der Waals surface area contributed by atoms with E-state index in [9.17, 15) is 0 Å². The molecule has 0 fully saturated rings. The quantitative estimate of drug-likeness (QED) is 0.0462. The van der Waals surface area contributed by atoms with Crippen molar-refractivity contribution in [3.05, 3.63) is 13.8 Å². The summed E-state index contributed by atoms with van der Waals surface area (Å²) in [6.07, 6.45) is 45.6. The van der Waals surface area contributed by atoms with Crippen LogP contribution >= 0.6 is 0 Å². The number of hydrogen-bond donors (Lipinski definition) is 0. The minimum absolute atomic E-state index is 0. The van der Waals surface area contributed by atoms with Crippen molar-refractivity contribution in [1.29, 1.82) is 0 Å². The van der Waals surface area contributed by atoms with Crippen LogP contribution in [-0.4, -0.2) is 0 Å². The van der Waals surface area contributed by atoms with Gasteiger partial charge in [-0.05, 0) is 0 Å². The van der Waals surface area contributed by atoms with Gasteiger partial charge in [-0.1, -0.05) is 206 Å². The van der Waals surface area contributed by atoms with Crippen molar-refractivity contribution in [2.24, 2.45) is 0 Å². The topological polar surface area (TPSA) is 0 Å². The maximum Gasteiger partial charge on any atom is 2.00 e. The van der Waals surface area contributed by atoms with Crippen molar-refractivity contribution in [1.82, 2.24) is 0 Å². The van der Waals surface area contributed by atoms with Gasteiger partial charge in [-0.15, -0.1) is 0 Å². The first-order valence-electron chi connectivity index (χ1n) is 17.4. The van der Waals surface area contributed by atoms with Gasteiger partial charge in [-0.3, -0.25) is 0 Å². The molecule has 0 N–H and O–H groups in total. The molecule has 0 aromatic heterocycles. The molecule has 0 saturated heterocycles. The van der Waals surface area contributed by atoms with Crippen LogP contribution in [0, 0.1) is 13.8 Å². The number of unbranched alkanes of at least 4 members (excludes halogenated alkanes) is 30. The maximum absolute atomic E-state index is 3.88. The van der Waals surface area contributed by atoms with Crippen molar-refractivity contribution in [2.75, 3.05) is 0 Å². The fraction of sp³-hybridized carbons (Fsp3) is 0.944. The first kappa shape index (κ1) is 42.0. The summed E-state index contributed by atoms with van der Waals surface area (Å²) in [5.74, 6) is 0. The van der Waals surface area contributed by atoms with E-state index >= 15 is 0 Å². The van der Waals surface area contributed by atoms with Crippen molar-refractivity contribution >= 4 is 0 Å². The molecule has 0 saturated carbocycles. The van der Waals surface area contributed by atoms with Gasteiger partial charge in [0.25, 0.3) is 0 Å². The Morgan fingerprint density at radius 2 is 0.378 bits per heavy atom. The molecule has 0 heterocycles. The molecular formula is C36H74Ni. The molecule has 0 spiro atoms. The van der Waals surface area contributed by atoms with Gasteiger partial charge in [0, 0.05) is 0 Å². The van der Waals surface area contributed by atoms with E-state index in [-0.39, 0.29) is 16.5 Å². The van der Waals surface area contributed by atoms with Crippen LogP contribution in [-0.2, 0) is 16.5 Å². The summed E-state index contributed by atoms with van der Waals surface area (Å²) in [5.41, 5.74) is 0. The maximum atomic E-state index is 3.88. The summed E-state index contributed by atoms with van der Waals surface area (Å²) in [6.45, 7) is 12.4. The third-order valence-corrected chi connectivity index (χ3v) is 7.71. The van der Waals surface area contributed by atoms with E-state index in [4.69, 9.17) is 0 Å². The Kier molecular flexibility index (Phi) is 49.4. The Balaban J connectivity index is -0.000000608. The van der Waals surface area contributed by atoms with Crippen molar-refractivity contribution in [2.45, 2.75) is 219 Å². The van der Waals surface area contributed by atoms with Crippen molar-refractivity contribution in [3.63, 3.8) is 0 Å². The molecule has 0 atom stereocenters.